The van der Waals surface area contributed by atoms with Crippen LogP contribution >= 0.6 is 11.3 Å². The van der Waals surface area contributed by atoms with Crippen LogP contribution in [0.15, 0.2) is 41.7 Å². The number of nitrogens with one attached hydrogen (secondary N) is 1. The number of thiophene rings is 1. The zero-order valence-corrected chi connectivity index (χ0v) is 31.0. The number of aliphatic imine (C=N–C) groups is 1. The number of hydrogen-bond acceptors (Lipinski definition) is 7. The third-order valence-electron chi connectivity index (χ3n) is 10.8. The van der Waals surface area contributed by atoms with Gasteiger partial charge < -0.3 is 14.5 Å². The Hall–Kier alpha value is -3.92. The van der Waals surface area contributed by atoms with Crippen LogP contribution in [-0.2, 0) is 9.47 Å². The van der Waals surface area contributed by atoms with Crippen LogP contribution in [0, 0.1) is 0 Å². The Bertz CT molecular complexity index is 1890. The van der Waals surface area contributed by atoms with Gasteiger partial charge in [0.15, 0.2) is 0 Å². The van der Waals surface area contributed by atoms with Crippen molar-refractivity contribution in [1.29, 1.82) is 0 Å². The van der Waals surface area contributed by atoms with Crippen LogP contribution in [-0.4, -0.2) is 68.0 Å². The van der Waals surface area contributed by atoms with E-state index in [0.29, 0.717) is 18.4 Å². The number of imidazole rings is 1. The van der Waals surface area contributed by atoms with Crippen molar-refractivity contribution in [3.05, 3.63) is 59.2 Å². The molecular formula is C40H49N5O4S. The number of aromatic nitrogens is 2. The molecule has 3 fully saturated rings. The highest BCUT2D eigenvalue weighted by Crippen LogP contribution is 2.58. The number of rotatable bonds is 5. The molecule has 2 aliphatic carbocycles. The molecule has 2 amide bonds. The van der Waals surface area contributed by atoms with Gasteiger partial charge in [-0.3, -0.25) is 14.8 Å². The number of ether oxygens (including phenoxy) is 2. The van der Waals surface area contributed by atoms with Gasteiger partial charge >= 0.3 is 12.2 Å². The molecule has 2 aromatic heterocycles. The summed E-state index contributed by atoms with van der Waals surface area (Å²) in [5.41, 5.74) is 8.04. The number of carbonyl (C=O) groups excluding carboxylic acids is 2. The molecule has 2 bridgehead atoms. The lowest BCUT2D eigenvalue weighted by Gasteiger charge is -2.29. The van der Waals surface area contributed by atoms with Gasteiger partial charge in [0.25, 0.3) is 0 Å². The first-order chi connectivity index (χ1) is 23.8. The number of benzene rings is 1. The van der Waals surface area contributed by atoms with Crippen molar-refractivity contribution in [1.82, 2.24) is 19.8 Å². The predicted molar refractivity (Wildman–Crippen MR) is 198 cm³/mol. The fourth-order valence-electron chi connectivity index (χ4n) is 8.83. The van der Waals surface area contributed by atoms with Gasteiger partial charge in [0.1, 0.15) is 17.0 Å². The molecule has 264 valence electrons. The van der Waals surface area contributed by atoms with E-state index in [1.807, 2.05) is 57.5 Å². The molecular weight excluding hydrogens is 647 g/mol. The third kappa shape index (κ3) is 6.18. The number of aromatic amines is 1. The van der Waals surface area contributed by atoms with Gasteiger partial charge in [0.2, 0.25) is 0 Å². The maximum Gasteiger partial charge on any atom is 0.410 e. The normalized spacial score (nSPS) is 24.5. The first-order valence-electron chi connectivity index (χ1n) is 18.4. The second-order valence-corrected chi connectivity index (χ2v) is 17.7. The smallest absolute Gasteiger partial charge is 0.410 e. The van der Waals surface area contributed by atoms with Crippen molar-refractivity contribution < 1.29 is 19.1 Å². The number of fused-ring (bicyclic) bond motifs is 5. The van der Waals surface area contributed by atoms with Crippen LogP contribution in [0.4, 0.5) is 9.59 Å². The average Bonchev–Trinajstić information content (AvgIpc) is 3.90. The summed E-state index contributed by atoms with van der Waals surface area (Å²) in [6.45, 7) is 12.9. The molecule has 1 saturated carbocycles. The number of likely N-dealkylation sites (tertiary alicyclic amines) is 2. The molecule has 3 aliphatic heterocycles. The molecule has 8 rings (SSSR count). The molecule has 5 aliphatic rings. The Morgan fingerprint density at radius 3 is 2.08 bits per heavy atom. The lowest BCUT2D eigenvalue weighted by molar-refractivity contribution is 0.0216. The van der Waals surface area contributed by atoms with E-state index in [4.69, 9.17) is 19.5 Å². The zero-order chi connectivity index (χ0) is 34.9. The maximum atomic E-state index is 13.0. The van der Waals surface area contributed by atoms with Crippen molar-refractivity contribution in [3.63, 3.8) is 0 Å². The molecule has 1 N–H and O–H groups in total. The summed E-state index contributed by atoms with van der Waals surface area (Å²) in [4.78, 5) is 45.3. The first kappa shape index (κ1) is 33.2. The first-order valence-corrected chi connectivity index (χ1v) is 19.2. The molecule has 2 unspecified atom stereocenters. The van der Waals surface area contributed by atoms with Gasteiger partial charge in [-0.05, 0) is 138 Å². The molecule has 3 aromatic rings. The quantitative estimate of drug-likeness (QED) is 0.287. The summed E-state index contributed by atoms with van der Waals surface area (Å²) in [6, 6.07) is 9.02. The minimum Gasteiger partial charge on any atom is -0.444 e. The van der Waals surface area contributed by atoms with Crippen LogP contribution in [0.1, 0.15) is 133 Å². The Balaban J connectivity index is 1.02. The summed E-state index contributed by atoms with van der Waals surface area (Å²) in [5.74, 6) is 2.00. The van der Waals surface area contributed by atoms with E-state index in [2.05, 4.69) is 35.4 Å². The number of nitrogens with zero attached hydrogens (tertiary/aromatic N) is 4. The molecule has 0 radical (unpaired) electrons. The molecule has 9 nitrogen and oxygen atoms in total. The largest absolute Gasteiger partial charge is 0.444 e. The highest BCUT2D eigenvalue weighted by molar-refractivity contribution is 7.18. The Labute approximate surface area is 299 Å². The minimum atomic E-state index is -0.533. The highest BCUT2D eigenvalue weighted by Gasteiger charge is 2.42. The van der Waals surface area contributed by atoms with E-state index in [0.717, 1.165) is 60.8 Å². The lowest BCUT2D eigenvalue weighted by Crippen LogP contribution is -2.43. The van der Waals surface area contributed by atoms with Crippen molar-refractivity contribution >= 4 is 34.8 Å². The van der Waals surface area contributed by atoms with Crippen LogP contribution in [0.3, 0.4) is 0 Å². The summed E-state index contributed by atoms with van der Waals surface area (Å²) >= 11 is 1.80. The van der Waals surface area contributed by atoms with E-state index in [1.54, 1.807) is 11.3 Å². The highest BCUT2D eigenvalue weighted by atomic mass is 32.1. The van der Waals surface area contributed by atoms with Crippen molar-refractivity contribution in [3.8, 4) is 21.0 Å². The second kappa shape index (κ2) is 12.4. The summed E-state index contributed by atoms with van der Waals surface area (Å²) in [5, 5.41) is 0. The Morgan fingerprint density at radius 2 is 1.40 bits per heavy atom. The summed E-state index contributed by atoms with van der Waals surface area (Å²) in [7, 11) is 0. The number of carbonyl (C=O) groups is 2. The van der Waals surface area contributed by atoms with Gasteiger partial charge in [-0.15, -0.1) is 11.3 Å². The van der Waals surface area contributed by atoms with Crippen molar-refractivity contribution in [2.24, 2.45) is 4.99 Å². The van der Waals surface area contributed by atoms with Crippen LogP contribution in [0.2, 0.25) is 0 Å². The number of hydrogen-bond donors (Lipinski definition) is 1. The molecule has 10 heteroatoms. The number of allylic oxidation sites excluding steroid dienone is 1. The van der Waals surface area contributed by atoms with Crippen molar-refractivity contribution in [2.75, 3.05) is 13.1 Å². The van der Waals surface area contributed by atoms with Crippen LogP contribution in [0.25, 0.3) is 26.6 Å². The van der Waals surface area contributed by atoms with E-state index < -0.39 is 11.2 Å². The molecule has 2 saturated heterocycles. The summed E-state index contributed by atoms with van der Waals surface area (Å²) in [6.07, 6.45) is 11.7. The average molecular weight is 696 g/mol. The Morgan fingerprint density at radius 1 is 0.800 bits per heavy atom. The molecule has 5 heterocycles. The van der Waals surface area contributed by atoms with E-state index in [-0.39, 0.29) is 24.3 Å². The second-order valence-electron chi connectivity index (χ2n) is 16.7. The van der Waals surface area contributed by atoms with Gasteiger partial charge in [0, 0.05) is 36.3 Å². The number of H-pyrrole nitrogens is 1. The molecule has 50 heavy (non-hydrogen) atoms. The molecule has 4 atom stereocenters. The van der Waals surface area contributed by atoms with Gasteiger partial charge in [-0.1, -0.05) is 12.1 Å². The zero-order valence-electron chi connectivity index (χ0n) is 30.2. The van der Waals surface area contributed by atoms with Crippen LogP contribution < -0.4 is 0 Å². The van der Waals surface area contributed by atoms with Crippen LogP contribution in [0.5, 0.6) is 0 Å². The van der Waals surface area contributed by atoms with Gasteiger partial charge in [-0.25, -0.2) is 14.6 Å². The molecule has 1 aromatic carbocycles. The van der Waals surface area contributed by atoms with Gasteiger partial charge in [-0.2, -0.15) is 0 Å². The number of amides is 2. The minimum absolute atomic E-state index is 0.00367. The monoisotopic (exact) mass is 695 g/mol. The van der Waals surface area contributed by atoms with E-state index in [9.17, 15) is 9.59 Å². The maximum absolute atomic E-state index is 13.0. The third-order valence-corrected chi connectivity index (χ3v) is 12.0. The van der Waals surface area contributed by atoms with Gasteiger partial charge in [0.05, 0.1) is 28.9 Å². The van der Waals surface area contributed by atoms with Crippen molar-refractivity contribution in [2.45, 2.75) is 128 Å². The predicted octanol–water partition coefficient (Wildman–Crippen LogP) is 9.83. The van der Waals surface area contributed by atoms with E-state index in [1.165, 1.54) is 52.0 Å². The fraction of sp³-hybridized carbons (Fsp3) is 0.550. The molecule has 0 spiro atoms. The Kier molecular flexibility index (Phi) is 8.24. The summed E-state index contributed by atoms with van der Waals surface area (Å²) < 4.78 is 11.4. The lowest BCUT2D eigenvalue weighted by atomic mass is 9.82. The fourth-order valence-corrected chi connectivity index (χ4v) is 9.84. The van der Waals surface area contributed by atoms with E-state index >= 15 is 0 Å². The SMILES string of the molecule is CC(C)(C)OC(=O)N1CCC[C@H]1C1=NC=C(c2ccc(-c3ccc(-c4cnc([C@@H]5CCCN5C(=O)OC(C)(C)C)[nH]4)s3)c3c2C2CCC3C2)C1. The topological polar surface area (TPSA) is 100 Å². The standard InChI is InChI=1S/C40H49N5O4S/c1-39(2,3)48-37(46)44-17-7-9-30(44)28-20-25(21-41-28)26-13-14-27(35-24-12-11-23(19-24)34(26)35)32-15-16-33(50-32)29-22-42-36(43-29)31-10-8-18-45(31)38(47)49-40(4,5)6/h13-16,21-24,30-31H,7-12,17-20H2,1-6H3,(H,42,43)/t23?,24?,30-,31-/m0/s1.